The summed E-state index contributed by atoms with van der Waals surface area (Å²) in [5, 5.41) is 0. The van der Waals surface area contributed by atoms with Crippen LogP contribution in [0.3, 0.4) is 0 Å². The topological polar surface area (TPSA) is 37.9 Å². The van der Waals surface area contributed by atoms with Gasteiger partial charge in [0.2, 0.25) is 0 Å². The number of halogens is 1. The molecular formula is C17H15BrN2O. The molecule has 1 N–H and O–H groups in total. The van der Waals surface area contributed by atoms with Crippen LogP contribution < -0.4 is 4.74 Å². The van der Waals surface area contributed by atoms with Gasteiger partial charge < -0.3 is 9.72 Å². The molecule has 21 heavy (non-hydrogen) atoms. The molecule has 0 amide bonds. The summed E-state index contributed by atoms with van der Waals surface area (Å²) in [4.78, 5) is 7.79. The fraction of sp³-hybridized carbons (Fsp3) is 0.118. The summed E-state index contributed by atoms with van der Waals surface area (Å²) < 4.78 is 6.91. The van der Waals surface area contributed by atoms with Crippen LogP contribution in [0.4, 0.5) is 0 Å². The van der Waals surface area contributed by atoms with Crippen molar-refractivity contribution < 1.29 is 4.74 Å². The monoisotopic (exact) mass is 342 g/mol. The fourth-order valence-corrected chi connectivity index (χ4v) is 2.58. The minimum atomic E-state index is 0.417. The first-order valence-electron chi connectivity index (χ1n) is 6.72. The molecule has 4 heteroatoms. The van der Waals surface area contributed by atoms with Gasteiger partial charge in [-0.3, -0.25) is 0 Å². The van der Waals surface area contributed by atoms with Crippen molar-refractivity contribution in [3.05, 3.63) is 71.0 Å². The maximum Gasteiger partial charge on any atom is 0.146 e. The predicted molar refractivity (Wildman–Crippen MR) is 88.5 cm³/mol. The van der Waals surface area contributed by atoms with E-state index in [1.54, 1.807) is 0 Å². The highest BCUT2D eigenvalue weighted by Gasteiger charge is 2.06. The van der Waals surface area contributed by atoms with Crippen LogP contribution in [-0.2, 0) is 13.0 Å². The van der Waals surface area contributed by atoms with Crippen molar-refractivity contribution in [2.45, 2.75) is 13.0 Å². The third-order valence-electron chi connectivity index (χ3n) is 3.19. The molecular weight excluding hydrogens is 328 g/mol. The van der Waals surface area contributed by atoms with E-state index < -0.39 is 0 Å². The van der Waals surface area contributed by atoms with E-state index in [0.29, 0.717) is 6.61 Å². The van der Waals surface area contributed by atoms with E-state index in [1.165, 1.54) is 0 Å². The minimum Gasteiger partial charge on any atom is -0.485 e. The van der Waals surface area contributed by atoms with Gasteiger partial charge in [0.15, 0.2) is 0 Å². The molecule has 3 aromatic rings. The lowest BCUT2D eigenvalue weighted by Crippen LogP contribution is -1.99. The smallest absolute Gasteiger partial charge is 0.146 e. The van der Waals surface area contributed by atoms with Gasteiger partial charge in [-0.25, -0.2) is 4.98 Å². The first-order valence-corrected chi connectivity index (χ1v) is 7.51. The van der Waals surface area contributed by atoms with E-state index in [0.717, 1.165) is 39.1 Å². The quantitative estimate of drug-likeness (QED) is 0.686. The Labute approximate surface area is 131 Å². The largest absolute Gasteiger partial charge is 0.485 e. The number of aromatic nitrogens is 2. The summed E-state index contributed by atoms with van der Waals surface area (Å²) in [5.74, 6) is 1.69. The average Bonchev–Trinajstić information content (AvgIpc) is 2.88. The second-order valence-electron chi connectivity index (χ2n) is 4.73. The third kappa shape index (κ3) is 3.16. The number of para-hydroxylation sites is 1. The van der Waals surface area contributed by atoms with Crippen LogP contribution >= 0.6 is 15.9 Å². The second-order valence-corrected chi connectivity index (χ2v) is 5.65. The zero-order chi connectivity index (χ0) is 14.7. The van der Waals surface area contributed by atoms with Gasteiger partial charge in [0.1, 0.15) is 18.2 Å². The van der Waals surface area contributed by atoms with E-state index in [2.05, 4.69) is 32.5 Å². The van der Waals surface area contributed by atoms with Gasteiger partial charge in [0.05, 0.1) is 11.0 Å². The highest BCUT2D eigenvalue weighted by atomic mass is 79.9. The normalized spacial score (nSPS) is 10.7. The lowest BCUT2D eigenvalue weighted by atomic mass is 10.1. The van der Waals surface area contributed by atoms with Gasteiger partial charge in [-0.15, -0.1) is 6.58 Å². The number of imidazole rings is 1. The Morgan fingerprint density at radius 1 is 1.24 bits per heavy atom. The molecule has 0 spiro atoms. The molecule has 0 saturated carbocycles. The van der Waals surface area contributed by atoms with E-state index in [1.807, 2.05) is 48.5 Å². The minimum absolute atomic E-state index is 0.417. The third-order valence-corrected chi connectivity index (χ3v) is 3.69. The first-order chi connectivity index (χ1) is 10.3. The maximum atomic E-state index is 5.88. The number of aromatic amines is 1. The zero-order valence-electron chi connectivity index (χ0n) is 11.5. The number of hydrogen-bond donors (Lipinski definition) is 1. The second kappa shape index (κ2) is 6.14. The molecule has 0 saturated heterocycles. The average molecular weight is 343 g/mol. The molecule has 2 aromatic carbocycles. The van der Waals surface area contributed by atoms with Crippen molar-refractivity contribution in [1.29, 1.82) is 0 Å². The van der Waals surface area contributed by atoms with Gasteiger partial charge in [-0.2, -0.15) is 0 Å². The standard InChI is InChI=1S/C17H15BrN2O/c1-2-5-12-6-3-4-7-16(12)21-11-17-19-14-9-8-13(18)10-15(14)20-17/h2-4,6-10H,1,5,11H2,(H,19,20). The van der Waals surface area contributed by atoms with Crippen LogP contribution in [0.2, 0.25) is 0 Å². The van der Waals surface area contributed by atoms with Crippen molar-refractivity contribution in [3.8, 4) is 5.75 Å². The van der Waals surface area contributed by atoms with Crippen LogP contribution in [0.1, 0.15) is 11.4 Å². The van der Waals surface area contributed by atoms with Crippen LogP contribution in [-0.4, -0.2) is 9.97 Å². The summed E-state index contributed by atoms with van der Waals surface area (Å²) in [6.07, 6.45) is 2.67. The van der Waals surface area contributed by atoms with Crippen molar-refractivity contribution in [1.82, 2.24) is 9.97 Å². The maximum absolute atomic E-state index is 5.88. The number of hydrogen-bond acceptors (Lipinski definition) is 2. The predicted octanol–water partition coefficient (Wildman–Crippen LogP) is 4.63. The molecule has 0 fully saturated rings. The zero-order valence-corrected chi connectivity index (χ0v) is 13.1. The molecule has 0 bridgehead atoms. The Morgan fingerprint density at radius 3 is 2.95 bits per heavy atom. The molecule has 3 rings (SSSR count). The van der Waals surface area contributed by atoms with Crippen molar-refractivity contribution in [2.75, 3.05) is 0 Å². The molecule has 1 aromatic heterocycles. The van der Waals surface area contributed by atoms with Crippen LogP contribution in [0.5, 0.6) is 5.75 Å². The summed E-state index contributed by atoms with van der Waals surface area (Å²) in [6, 6.07) is 14.0. The number of H-pyrrole nitrogens is 1. The number of nitrogens with one attached hydrogen (secondary N) is 1. The summed E-state index contributed by atoms with van der Waals surface area (Å²) in [5.41, 5.74) is 3.07. The van der Waals surface area contributed by atoms with Crippen molar-refractivity contribution in [3.63, 3.8) is 0 Å². The SMILES string of the molecule is C=CCc1ccccc1OCc1nc2ccc(Br)cc2[nH]1. The Kier molecular flexibility index (Phi) is 4.06. The van der Waals surface area contributed by atoms with E-state index in [-0.39, 0.29) is 0 Å². The van der Waals surface area contributed by atoms with Gasteiger partial charge >= 0.3 is 0 Å². The number of ether oxygens (including phenoxy) is 1. The number of benzene rings is 2. The Morgan fingerprint density at radius 2 is 2.10 bits per heavy atom. The van der Waals surface area contributed by atoms with Crippen LogP contribution in [0, 0.1) is 0 Å². The number of fused-ring (bicyclic) bond motifs is 1. The molecule has 0 aliphatic carbocycles. The molecule has 0 radical (unpaired) electrons. The fourth-order valence-electron chi connectivity index (χ4n) is 2.22. The lowest BCUT2D eigenvalue weighted by molar-refractivity contribution is 0.295. The number of nitrogens with zero attached hydrogens (tertiary/aromatic N) is 1. The molecule has 0 aliphatic heterocycles. The van der Waals surface area contributed by atoms with Crippen LogP contribution in [0.15, 0.2) is 59.6 Å². The first kappa shape index (κ1) is 13.9. The highest BCUT2D eigenvalue weighted by molar-refractivity contribution is 9.10. The molecule has 3 nitrogen and oxygen atoms in total. The Hall–Kier alpha value is -2.07. The Balaban J connectivity index is 1.78. The summed E-state index contributed by atoms with van der Waals surface area (Å²) >= 11 is 3.46. The van der Waals surface area contributed by atoms with Gasteiger partial charge in [0, 0.05) is 4.47 Å². The van der Waals surface area contributed by atoms with E-state index in [4.69, 9.17) is 4.74 Å². The number of allylic oxidation sites excluding steroid dienone is 1. The van der Waals surface area contributed by atoms with E-state index >= 15 is 0 Å². The Bertz CT molecular complexity index is 779. The van der Waals surface area contributed by atoms with Gasteiger partial charge in [-0.1, -0.05) is 40.2 Å². The molecule has 0 atom stereocenters. The van der Waals surface area contributed by atoms with Crippen molar-refractivity contribution in [2.24, 2.45) is 0 Å². The summed E-state index contributed by atoms with van der Waals surface area (Å²) in [6.45, 7) is 4.19. The molecule has 1 heterocycles. The van der Waals surface area contributed by atoms with Gasteiger partial charge in [-0.05, 0) is 36.2 Å². The van der Waals surface area contributed by atoms with E-state index in [9.17, 15) is 0 Å². The highest BCUT2D eigenvalue weighted by Crippen LogP contribution is 2.21. The molecule has 0 aliphatic rings. The number of rotatable bonds is 5. The van der Waals surface area contributed by atoms with Crippen molar-refractivity contribution >= 4 is 27.0 Å². The lowest BCUT2D eigenvalue weighted by Gasteiger charge is -2.08. The molecule has 0 unspecified atom stereocenters. The van der Waals surface area contributed by atoms with Gasteiger partial charge in [0.25, 0.3) is 0 Å². The summed E-state index contributed by atoms with van der Waals surface area (Å²) in [7, 11) is 0. The molecule has 106 valence electrons. The van der Waals surface area contributed by atoms with Crippen LogP contribution in [0.25, 0.3) is 11.0 Å².